The van der Waals surface area contributed by atoms with E-state index < -0.39 is 17.6 Å². The van der Waals surface area contributed by atoms with Crippen LogP contribution in [0.4, 0.5) is 15.8 Å². The van der Waals surface area contributed by atoms with Gasteiger partial charge in [0, 0.05) is 53.7 Å². The molecule has 200 valence electrons. The second-order valence-corrected chi connectivity index (χ2v) is 10.1. The van der Waals surface area contributed by atoms with Crippen LogP contribution >= 0.6 is 0 Å². The number of nitrogens with zero attached hydrogens (tertiary/aromatic N) is 1. The Hall–Kier alpha value is -4.19. The maximum atomic E-state index is 14.4. The van der Waals surface area contributed by atoms with Crippen molar-refractivity contribution < 1.29 is 14.0 Å². The van der Waals surface area contributed by atoms with Crippen molar-refractivity contribution in [1.29, 1.82) is 0 Å². The molecule has 2 atom stereocenters. The van der Waals surface area contributed by atoms with Crippen LogP contribution < -0.4 is 15.5 Å². The molecule has 2 unspecified atom stereocenters. The molecule has 2 N–H and O–H groups in total. The lowest BCUT2D eigenvalue weighted by molar-refractivity contribution is -0.116. The molecule has 2 aliphatic rings. The third-order valence-corrected chi connectivity index (χ3v) is 7.82. The lowest BCUT2D eigenvalue weighted by Gasteiger charge is -2.37. The predicted octanol–water partition coefficient (Wildman–Crippen LogP) is 6.67. The first-order valence-electron chi connectivity index (χ1n) is 13.6. The summed E-state index contributed by atoms with van der Waals surface area (Å²) in [4.78, 5) is 29.8. The smallest absolute Gasteiger partial charge is 0.254 e. The fourth-order valence-corrected chi connectivity index (χ4v) is 5.85. The fraction of sp³-hybridized carbons (Fsp3) is 0.273. The molecule has 1 aliphatic heterocycles. The molecule has 1 aliphatic carbocycles. The molecule has 5 rings (SSSR count). The van der Waals surface area contributed by atoms with E-state index in [2.05, 4.69) is 41.5 Å². The number of rotatable bonds is 7. The van der Waals surface area contributed by atoms with Crippen molar-refractivity contribution in [3.63, 3.8) is 0 Å². The zero-order chi connectivity index (χ0) is 27.5. The maximum Gasteiger partial charge on any atom is 0.254 e. The summed E-state index contributed by atoms with van der Waals surface area (Å²) < 4.78 is 14.4. The number of para-hydroxylation sites is 1. The summed E-state index contributed by atoms with van der Waals surface area (Å²) in [7, 11) is 0. The van der Waals surface area contributed by atoms with Gasteiger partial charge in [-0.25, -0.2) is 4.39 Å². The highest BCUT2D eigenvalue weighted by atomic mass is 19.1. The molecule has 6 heteroatoms. The largest absolute Gasteiger partial charge is 0.372 e. The minimum Gasteiger partial charge on any atom is -0.372 e. The van der Waals surface area contributed by atoms with Crippen molar-refractivity contribution in [1.82, 2.24) is 5.32 Å². The lowest BCUT2D eigenvalue weighted by atomic mass is 9.71. The van der Waals surface area contributed by atoms with E-state index >= 15 is 0 Å². The SMILES string of the molecule is CCN(CC)c1ccc(C2C(C(=O)Nc3ccccc3F)=C(C)NC3=C2C(=O)CC(c2ccccc2)C3)cc1. The molecule has 5 nitrogen and oxygen atoms in total. The second-order valence-electron chi connectivity index (χ2n) is 10.1. The number of nitrogens with one attached hydrogen (secondary N) is 2. The van der Waals surface area contributed by atoms with Gasteiger partial charge in [-0.15, -0.1) is 0 Å². The Bertz CT molecular complexity index is 1440. The van der Waals surface area contributed by atoms with Crippen LogP contribution in [0.1, 0.15) is 56.6 Å². The molecule has 0 aromatic heterocycles. The number of carbonyl (C=O) groups excluding carboxylic acids is 2. The van der Waals surface area contributed by atoms with Gasteiger partial charge in [0.15, 0.2) is 5.78 Å². The molecule has 0 radical (unpaired) electrons. The summed E-state index contributed by atoms with van der Waals surface area (Å²) in [6.45, 7) is 7.85. The molecule has 0 saturated carbocycles. The van der Waals surface area contributed by atoms with Crippen molar-refractivity contribution in [3.8, 4) is 0 Å². The maximum absolute atomic E-state index is 14.4. The molecular formula is C33H34FN3O2. The number of halogens is 1. The van der Waals surface area contributed by atoms with Crippen LogP contribution in [0.25, 0.3) is 0 Å². The van der Waals surface area contributed by atoms with Crippen molar-refractivity contribution in [2.45, 2.75) is 45.4 Å². The summed E-state index contributed by atoms with van der Waals surface area (Å²) in [6, 6.07) is 24.3. The quantitative estimate of drug-likeness (QED) is 0.363. The number of benzene rings is 3. The van der Waals surface area contributed by atoms with Gasteiger partial charge in [0.2, 0.25) is 0 Å². The third-order valence-electron chi connectivity index (χ3n) is 7.82. The number of Topliss-reactive ketones (excluding diaryl/α,β-unsaturated/α-hetero) is 1. The molecule has 39 heavy (non-hydrogen) atoms. The number of ketones is 1. The van der Waals surface area contributed by atoms with E-state index in [1.807, 2.05) is 49.4 Å². The molecule has 3 aromatic carbocycles. The first kappa shape index (κ1) is 26.4. The van der Waals surface area contributed by atoms with E-state index in [1.165, 1.54) is 12.1 Å². The summed E-state index contributed by atoms with van der Waals surface area (Å²) in [5, 5.41) is 6.15. The van der Waals surface area contributed by atoms with Crippen molar-refractivity contribution in [2.24, 2.45) is 0 Å². The van der Waals surface area contributed by atoms with Gasteiger partial charge in [-0.05, 0) is 68.5 Å². The Balaban J connectivity index is 1.57. The summed E-state index contributed by atoms with van der Waals surface area (Å²) in [5.74, 6) is -1.39. The average Bonchev–Trinajstić information content (AvgIpc) is 2.95. The number of carbonyl (C=O) groups is 2. The molecule has 1 amide bonds. The van der Waals surface area contributed by atoms with Crippen molar-refractivity contribution >= 4 is 23.1 Å². The molecule has 0 fully saturated rings. The zero-order valence-corrected chi connectivity index (χ0v) is 22.6. The van der Waals surface area contributed by atoms with E-state index in [1.54, 1.807) is 12.1 Å². The van der Waals surface area contributed by atoms with Gasteiger partial charge in [0.1, 0.15) is 5.82 Å². The number of amides is 1. The molecule has 1 heterocycles. The molecule has 0 saturated heterocycles. The van der Waals surface area contributed by atoms with E-state index in [4.69, 9.17) is 0 Å². The van der Waals surface area contributed by atoms with Gasteiger partial charge in [-0.3, -0.25) is 9.59 Å². The van der Waals surface area contributed by atoms with Crippen molar-refractivity contribution in [3.05, 3.63) is 118 Å². The van der Waals surface area contributed by atoms with E-state index in [9.17, 15) is 14.0 Å². The predicted molar refractivity (Wildman–Crippen MR) is 154 cm³/mol. The first-order valence-corrected chi connectivity index (χ1v) is 13.6. The third kappa shape index (κ3) is 5.24. The van der Waals surface area contributed by atoms with Crippen LogP contribution in [0.15, 0.2) is 101 Å². The Morgan fingerprint density at radius 3 is 2.26 bits per heavy atom. The van der Waals surface area contributed by atoms with E-state index in [0.29, 0.717) is 29.7 Å². The Morgan fingerprint density at radius 1 is 0.923 bits per heavy atom. The average molecular weight is 524 g/mol. The van der Waals surface area contributed by atoms with Gasteiger partial charge >= 0.3 is 0 Å². The monoisotopic (exact) mass is 523 g/mol. The minimum absolute atomic E-state index is 0.0270. The lowest BCUT2D eigenvalue weighted by Crippen LogP contribution is -2.37. The highest BCUT2D eigenvalue weighted by molar-refractivity contribution is 6.10. The Kier molecular flexibility index (Phi) is 7.64. The van der Waals surface area contributed by atoms with Crippen LogP contribution in [0.5, 0.6) is 0 Å². The molecule has 3 aromatic rings. The highest BCUT2D eigenvalue weighted by Crippen LogP contribution is 2.46. The molecular weight excluding hydrogens is 489 g/mol. The van der Waals surface area contributed by atoms with Crippen molar-refractivity contribution in [2.75, 3.05) is 23.3 Å². The highest BCUT2D eigenvalue weighted by Gasteiger charge is 2.41. The number of allylic oxidation sites excluding steroid dienone is 3. The molecule has 0 spiro atoms. The van der Waals surface area contributed by atoms with Crippen LogP contribution in [-0.4, -0.2) is 24.8 Å². The van der Waals surface area contributed by atoms with Crippen LogP contribution in [0.3, 0.4) is 0 Å². The Labute approximate surface area is 229 Å². The van der Waals surface area contributed by atoms with Crippen LogP contribution in [-0.2, 0) is 9.59 Å². The second kappa shape index (κ2) is 11.3. The van der Waals surface area contributed by atoms with Gasteiger partial charge in [-0.2, -0.15) is 0 Å². The first-order chi connectivity index (χ1) is 18.9. The molecule has 0 bridgehead atoms. The van der Waals surface area contributed by atoms with Gasteiger partial charge < -0.3 is 15.5 Å². The van der Waals surface area contributed by atoms with Crippen LogP contribution in [0, 0.1) is 5.82 Å². The number of hydrogen-bond donors (Lipinski definition) is 2. The standard InChI is InChI=1S/C33H34FN3O2/c1-4-37(5-2)25-17-15-23(16-18-25)31-30(33(39)36-27-14-10-9-13-26(27)34)21(3)35-28-19-24(20-29(38)32(28)31)22-11-7-6-8-12-22/h6-18,24,31,35H,4-5,19-20H2,1-3H3,(H,36,39). The van der Waals surface area contributed by atoms with Gasteiger partial charge in [-0.1, -0.05) is 54.6 Å². The fourth-order valence-electron chi connectivity index (χ4n) is 5.85. The normalized spacial score (nSPS) is 18.9. The summed E-state index contributed by atoms with van der Waals surface area (Å²) in [5.41, 5.74) is 5.77. The minimum atomic E-state index is -0.553. The summed E-state index contributed by atoms with van der Waals surface area (Å²) >= 11 is 0. The van der Waals surface area contributed by atoms with Crippen LogP contribution in [0.2, 0.25) is 0 Å². The zero-order valence-electron chi connectivity index (χ0n) is 22.6. The number of anilines is 2. The van der Waals surface area contributed by atoms with E-state index in [-0.39, 0.29) is 17.4 Å². The summed E-state index contributed by atoms with van der Waals surface area (Å²) in [6.07, 6.45) is 1.05. The topological polar surface area (TPSA) is 61.4 Å². The number of dihydropyridines is 1. The number of hydrogen-bond acceptors (Lipinski definition) is 4. The van der Waals surface area contributed by atoms with Gasteiger partial charge in [0.05, 0.1) is 5.69 Å². The Morgan fingerprint density at radius 2 is 1.59 bits per heavy atom. The van der Waals surface area contributed by atoms with Gasteiger partial charge in [0.25, 0.3) is 5.91 Å². The van der Waals surface area contributed by atoms with E-state index in [0.717, 1.165) is 35.6 Å².